The van der Waals surface area contributed by atoms with E-state index in [1.807, 2.05) is 0 Å². The van der Waals surface area contributed by atoms with Gasteiger partial charge in [0.05, 0.1) is 17.6 Å². The number of aliphatic carboxylic acids is 1. The lowest BCUT2D eigenvalue weighted by atomic mass is 9.66. The summed E-state index contributed by atoms with van der Waals surface area (Å²) in [5, 5.41) is 22.4. The Balaban J connectivity index is 1.25. The van der Waals surface area contributed by atoms with Crippen LogP contribution in [0.4, 0.5) is 0 Å². The maximum atomic E-state index is 11.5. The van der Waals surface area contributed by atoms with Crippen LogP contribution in [0.5, 0.6) is 0 Å². The van der Waals surface area contributed by atoms with Crippen molar-refractivity contribution in [1.29, 1.82) is 0 Å². The largest absolute Gasteiger partial charge is 0.481 e. The molecule has 40 heavy (non-hydrogen) atoms. The molecule has 2 aliphatic carbocycles. The molecule has 8 unspecified atom stereocenters. The first kappa shape index (κ1) is 27.4. The molecule has 220 valence electrons. The zero-order chi connectivity index (χ0) is 28.0. The molecule has 0 bridgehead atoms. The number of ether oxygens (including phenoxy) is 1. The Labute approximate surface area is 241 Å². The second-order valence-electron chi connectivity index (χ2n) is 14.6. The molecule has 0 amide bonds. The number of carboxylic acid groups (broad SMARTS) is 1. The first-order chi connectivity index (χ1) is 19.1. The van der Waals surface area contributed by atoms with Crippen LogP contribution in [0.25, 0.3) is 0 Å². The number of rotatable bonds is 5. The van der Waals surface area contributed by atoms with Crippen LogP contribution in [-0.4, -0.2) is 74.2 Å². The van der Waals surface area contributed by atoms with E-state index in [-0.39, 0.29) is 29.0 Å². The van der Waals surface area contributed by atoms with Crippen molar-refractivity contribution in [2.45, 2.75) is 115 Å². The minimum Gasteiger partial charge on any atom is -0.481 e. The second-order valence-corrected chi connectivity index (χ2v) is 15.6. The Hall–Kier alpha value is -1.39. The Kier molecular flexibility index (Phi) is 6.74. The molecule has 5 heterocycles. The van der Waals surface area contributed by atoms with Crippen LogP contribution in [0, 0.1) is 28.6 Å². The van der Waals surface area contributed by atoms with E-state index in [4.69, 9.17) is 14.3 Å². The zero-order valence-corrected chi connectivity index (χ0v) is 25.1. The molecule has 8 nitrogen and oxygen atoms in total. The monoisotopic (exact) mass is 573 g/mol. The standard InChI is InChI=1S/C31H44N2O6S/c1-30(2)21-13-17(14-27(34)35)5-7-23(21)32-11-9-25-19(28(30)32)16-20-26(37-25)10-12-33-24-8-6-18(40-39-38-36)15-22(24)31(3,4)29(20)33/h16-18,21-26H,5-15H2,1-4H3,(H-,34,35,36)/p+1. The summed E-state index contributed by atoms with van der Waals surface area (Å²) in [6.07, 6.45) is 11.6. The van der Waals surface area contributed by atoms with E-state index in [0.29, 0.717) is 35.6 Å². The molecule has 0 aromatic heterocycles. The highest BCUT2D eigenvalue weighted by Gasteiger charge is 2.61. The summed E-state index contributed by atoms with van der Waals surface area (Å²) in [6, 6.07) is 1.05. The quantitative estimate of drug-likeness (QED) is 0.194. The minimum atomic E-state index is -0.659. The minimum absolute atomic E-state index is 0.000520. The summed E-state index contributed by atoms with van der Waals surface area (Å²) in [7, 11) is 0. The van der Waals surface area contributed by atoms with Gasteiger partial charge in [-0.15, -0.1) is 4.33 Å². The second kappa shape index (κ2) is 9.83. The number of hydrogen-bond donors (Lipinski definition) is 2. The van der Waals surface area contributed by atoms with Gasteiger partial charge in [0.15, 0.2) is 11.8 Å². The summed E-state index contributed by atoms with van der Waals surface area (Å²) >= 11 is 1.26. The average molecular weight is 574 g/mol. The van der Waals surface area contributed by atoms with Crippen LogP contribution in [0.3, 0.4) is 0 Å². The van der Waals surface area contributed by atoms with Crippen LogP contribution in [0.15, 0.2) is 22.9 Å². The third-order valence-corrected chi connectivity index (χ3v) is 12.8. The van der Waals surface area contributed by atoms with E-state index < -0.39 is 5.97 Å². The molecule has 0 radical (unpaired) electrons. The molecule has 2 N–H and O–H groups in total. The maximum Gasteiger partial charge on any atom is 0.303 e. The molecule has 8 atom stereocenters. The van der Waals surface area contributed by atoms with Crippen molar-refractivity contribution in [2.24, 2.45) is 28.6 Å². The van der Waals surface area contributed by atoms with Crippen molar-refractivity contribution in [3.05, 3.63) is 22.9 Å². The Morgan fingerprint density at radius 3 is 2.67 bits per heavy atom. The van der Waals surface area contributed by atoms with Crippen LogP contribution >= 0.6 is 12.0 Å². The van der Waals surface area contributed by atoms with Gasteiger partial charge in [-0.25, -0.2) is 9.83 Å². The molecule has 9 heteroatoms. The summed E-state index contributed by atoms with van der Waals surface area (Å²) in [5.41, 5.74) is 5.79. The van der Waals surface area contributed by atoms with Crippen molar-refractivity contribution in [2.75, 3.05) is 13.1 Å². The Morgan fingerprint density at radius 1 is 1.07 bits per heavy atom. The van der Waals surface area contributed by atoms with Crippen molar-refractivity contribution >= 4 is 23.7 Å². The number of hydrogen-bond acceptors (Lipinski definition) is 7. The van der Waals surface area contributed by atoms with Gasteiger partial charge in [-0.1, -0.05) is 18.9 Å². The molecule has 0 aromatic carbocycles. The molecule has 0 aromatic rings. The summed E-state index contributed by atoms with van der Waals surface area (Å²) in [4.78, 5) is 14.2. The number of carbonyl (C=O) groups is 1. The maximum absolute atomic E-state index is 11.5. The van der Waals surface area contributed by atoms with Crippen LogP contribution in [-0.2, 0) is 18.9 Å². The molecule has 1 saturated heterocycles. The van der Waals surface area contributed by atoms with Crippen molar-refractivity contribution in [1.82, 2.24) is 4.90 Å². The van der Waals surface area contributed by atoms with E-state index in [1.54, 1.807) is 0 Å². The van der Waals surface area contributed by atoms with Gasteiger partial charge >= 0.3 is 5.97 Å². The first-order valence-electron chi connectivity index (χ1n) is 15.5. The molecule has 7 rings (SSSR count). The van der Waals surface area contributed by atoms with E-state index >= 15 is 0 Å². The van der Waals surface area contributed by atoms with Crippen LogP contribution in [0.2, 0.25) is 0 Å². The third-order valence-electron chi connectivity index (χ3n) is 12.0. The normalized spacial score (nSPS) is 40.9. The zero-order valence-electron chi connectivity index (χ0n) is 24.3. The van der Waals surface area contributed by atoms with Crippen LogP contribution in [0.1, 0.15) is 85.5 Å². The SMILES string of the molecule is CC1(C)C2=C3C=C4C5=[N+](CCC4OC3CCN2C2CCC(CC(=O)O)CC21)C1CCC(SOOO)CC1C5(C)C. The summed E-state index contributed by atoms with van der Waals surface area (Å²) in [5.74, 6) is 0.635. The lowest BCUT2D eigenvalue weighted by molar-refractivity contribution is -0.571. The van der Waals surface area contributed by atoms with E-state index in [0.717, 1.165) is 64.5 Å². The third kappa shape index (κ3) is 4.08. The van der Waals surface area contributed by atoms with Crippen molar-refractivity contribution in [3.63, 3.8) is 0 Å². The van der Waals surface area contributed by atoms with Gasteiger partial charge in [0.2, 0.25) is 0 Å². The van der Waals surface area contributed by atoms with Gasteiger partial charge in [0.1, 0.15) is 6.54 Å². The fourth-order valence-electron chi connectivity index (χ4n) is 10.4. The number of nitrogens with zero attached hydrogens (tertiary/aromatic N) is 2. The highest BCUT2D eigenvalue weighted by atomic mass is 32.2. The smallest absolute Gasteiger partial charge is 0.303 e. The number of carboxylic acids is 1. The van der Waals surface area contributed by atoms with Crippen molar-refractivity contribution in [3.8, 4) is 0 Å². The first-order valence-corrected chi connectivity index (χ1v) is 16.3. The molecule has 7 aliphatic rings. The van der Waals surface area contributed by atoms with Crippen LogP contribution < -0.4 is 0 Å². The fourth-order valence-corrected chi connectivity index (χ4v) is 11.1. The van der Waals surface area contributed by atoms with Gasteiger partial charge in [-0.3, -0.25) is 4.79 Å². The summed E-state index contributed by atoms with van der Waals surface area (Å²) < 4.78 is 14.6. The predicted octanol–water partition coefficient (Wildman–Crippen LogP) is 5.44. The highest BCUT2D eigenvalue weighted by Crippen LogP contribution is 2.59. The predicted molar refractivity (Wildman–Crippen MR) is 152 cm³/mol. The average Bonchev–Trinajstić information content (AvgIpc) is 3.29. The topological polar surface area (TPSA) is 91.5 Å². The number of fused-ring (bicyclic) bond motifs is 8. The van der Waals surface area contributed by atoms with E-state index in [2.05, 4.69) is 48.3 Å². The highest BCUT2D eigenvalue weighted by molar-refractivity contribution is 7.95. The van der Waals surface area contributed by atoms with Gasteiger partial charge in [-0.2, -0.15) is 0 Å². The number of allylic oxidation sites excluding steroid dienone is 1. The van der Waals surface area contributed by atoms with Gasteiger partial charge in [-0.05, 0) is 70.3 Å². The van der Waals surface area contributed by atoms with Gasteiger partial charge < -0.3 is 14.7 Å². The molecular formula is C31H45N2O6S+. The van der Waals surface area contributed by atoms with E-state index in [9.17, 15) is 9.90 Å². The van der Waals surface area contributed by atoms with E-state index in [1.165, 1.54) is 34.6 Å². The molecule has 5 aliphatic heterocycles. The molecular weight excluding hydrogens is 528 g/mol. The lowest BCUT2D eigenvalue weighted by Crippen LogP contribution is -2.47. The molecule has 2 saturated carbocycles. The van der Waals surface area contributed by atoms with Crippen molar-refractivity contribution < 1.29 is 33.8 Å². The van der Waals surface area contributed by atoms with Gasteiger partial charge in [0.25, 0.3) is 0 Å². The molecule has 0 spiro atoms. The molecule has 3 fully saturated rings. The lowest BCUT2D eigenvalue weighted by Gasteiger charge is -2.43. The van der Waals surface area contributed by atoms with Gasteiger partial charge in [0, 0.05) is 77.3 Å². The summed E-state index contributed by atoms with van der Waals surface area (Å²) in [6.45, 7) is 11.8. The fraction of sp³-hybridized carbons (Fsp3) is 0.806. The Bertz CT molecular complexity index is 1180. The Morgan fingerprint density at radius 2 is 1.90 bits per heavy atom.